The van der Waals surface area contributed by atoms with Crippen molar-refractivity contribution in [3.63, 3.8) is 0 Å². The van der Waals surface area contributed by atoms with Crippen LogP contribution in [0.15, 0.2) is 18.2 Å². The van der Waals surface area contributed by atoms with Crippen molar-refractivity contribution in [3.8, 4) is 17.4 Å². The first-order valence-electron chi connectivity index (χ1n) is 16.8. The minimum Gasteiger partial charge on any atom is -0.496 e. The van der Waals surface area contributed by atoms with Gasteiger partial charge in [-0.3, -0.25) is 9.59 Å². The second-order valence-electron chi connectivity index (χ2n) is 14.6. The van der Waals surface area contributed by atoms with Crippen LogP contribution in [0.3, 0.4) is 0 Å². The highest BCUT2D eigenvalue weighted by Crippen LogP contribution is 2.46. The van der Waals surface area contributed by atoms with Gasteiger partial charge in [-0.1, -0.05) is 34.1 Å². The number of halogens is 3. The maximum Gasteiger partial charge on any atom is 0.427 e. The molecule has 2 fully saturated rings. The van der Waals surface area contributed by atoms with Crippen LogP contribution in [0, 0.1) is 18.3 Å². The van der Waals surface area contributed by atoms with E-state index in [1.165, 1.54) is 12.0 Å². The quantitative estimate of drug-likeness (QED) is 0.267. The average Bonchev–Trinajstić information content (AvgIpc) is 3.58. The Bertz CT molecular complexity index is 1680. The van der Waals surface area contributed by atoms with Gasteiger partial charge in [0.2, 0.25) is 23.3 Å². The van der Waals surface area contributed by atoms with Crippen molar-refractivity contribution in [1.82, 2.24) is 20.5 Å². The van der Waals surface area contributed by atoms with Gasteiger partial charge in [-0.25, -0.2) is 14.6 Å². The molecule has 1 aromatic carbocycles. The number of amides is 3. The van der Waals surface area contributed by atoms with Crippen molar-refractivity contribution >= 4 is 34.8 Å². The number of fused-ring (bicyclic) bond motifs is 1. The van der Waals surface area contributed by atoms with E-state index in [9.17, 15) is 37.5 Å². The van der Waals surface area contributed by atoms with Gasteiger partial charge in [0, 0.05) is 23.4 Å². The number of carbonyl (C=O) groups is 4. The maximum atomic E-state index is 14.3. The third-order valence-corrected chi connectivity index (χ3v) is 9.51. The van der Waals surface area contributed by atoms with Crippen LogP contribution >= 0.6 is 0 Å². The number of likely N-dealkylation sites (tertiary alicyclic amines) is 1. The lowest BCUT2D eigenvalue weighted by molar-refractivity contribution is -0.244. The molecule has 1 aliphatic heterocycles. The number of nitrogens with one attached hydrogen (secondary N) is 2. The third kappa shape index (κ3) is 8.04. The normalized spacial score (nSPS) is 22.6. The van der Waals surface area contributed by atoms with Crippen molar-refractivity contribution in [3.05, 3.63) is 23.8 Å². The van der Waals surface area contributed by atoms with E-state index < -0.39 is 64.8 Å². The van der Waals surface area contributed by atoms with Crippen molar-refractivity contribution < 1.29 is 56.4 Å². The van der Waals surface area contributed by atoms with Crippen molar-refractivity contribution in [1.29, 1.82) is 0 Å². The molecule has 1 aliphatic carbocycles. The van der Waals surface area contributed by atoms with Crippen LogP contribution in [0.2, 0.25) is 0 Å². The van der Waals surface area contributed by atoms with Crippen molar-refractivity contribution in [2.45, 2.75) is 110 Å². The summed E-state index contributed by atoms with van der Waals surface area (Å²) in [7, 11) is 1.53. The molecule has 16 heteroatoms. The number of carbonyl (C=O) groups excluding carboxylic acids is 3. The number of carboxylic acid groups (broad SMARTS) is 1. The molecule has 2 aliphatic rings. The fraction of sp³-hybridized carbons (Fsp3) is 0.629. The summed E-state index contributed by atoms with van der Waals surface area (Å²) in [4.78, 5) is 59.1. The second kappa shape index (κ2) is 14.3. The van der Waals surface area contributed by atoms with Crippen LogP contribution in [0.1, 0.15) is 73.3 Å². The zero-order valence-corrected chi connectivity index (χ0v) is 30.3. The molecule has 1 aromatic heterocycles. The number of hydrogen-bond acceptors (Lipinski definition) is 9. The van der Waals surface area contributed by atoms with E-state index in [1.807, 2.05) is 13.8 Å². The van der Waals surface area contributed by atoms with Crippen LogP contribution in [0.5, 0.6) is 17.4 Å². The molecule has 0 spiro atoms. The second-order valence-corrected chi connectivity index (χ2v) is 14.6. The largest absolute Gasteiger partial charge is 0.496 e. The molecule has 5 unspecified atom stereocenters. The van der Waals surface area contributed by atoms with Gasteiger partial charge in [0.05, 0.1) is 25.8 Å². The zero-order chi connectivity index (χ0) is 38.3. The van der Waals surface area contributed by atoms with E-state index in [1.54, 1.807) is 45.9 Å². The molecule has 2 aromatic rings. The van der Waals surface area contributed by atoms with E-state index >= 15 is 0 Å². The number of methoxy groups -OCH3 is 1. The number of alkyl carbamates (subject to hydrolysis) is 1. The lowest BCUT2D eigenvalue weighted by Gasteiger charge is -2.36. The first kappa shape index (κ1) is 39.3. The maximum absolute atomic E-state index is 14.3. The monoisotopic (exact) mass is 724 g/mol. The standard InChI is InChI=1S/C35H47F3N4O9/c1-10-19-16-34(19,30(45)46)41-28(43)22-14-20(50-24-15-25(49-11-2)39-26-18(3)23(48-9)13-12-21(24)26)17-42(22)29(44)27(32(4,5)6)40-31(47)51-33(7,8)35(36,37)38/h12-13,15,19-20,22,27H,10-11,14,16-17H2,1-9H3,(H,40,47)(H,41,43)(H,45,46). The van der Waals surface area contributed by atoms with Gasteiger partial charge in [-0.2, -0.15) is 13.2 Å². The Morgan fingerprint density at radius 3 is 2.29 bits per heavy atom. The van der Waals surface area contributed by atoms with Gasteiger partial charge in [0.25, 0.3) is 0 Å². The molecule has 51 heavy (non-hydrogen) atoms. The number of alkyl halides is 3. The highest BCUT2D eigenvalue weighted by molar-refractivity contribution is 5.96. The number of aryl methyl sites for hydroxylation is 1. The molecule has 282 valence electrons. The first-order chi connectivity index (χ1) is 23.6. The van der Waals surface area contributed by atoms with Crippen molar-refractivity contribution in [2.24, 2.45) is 11.3 Å². The summed E-state index contributed by atoms with van der Waals surface area (Å²) in [5, 5.41) is 15.5. The third-order valence-electron chi connectivity index (χ3n) is 9.51. The summed E-state index contributed by atoms with van der Waals surface area (Å²) >= 11 is 0. The van der Waals surface area contributed by atoms with Crippen LogP contribution in [-0.4, -0.2) is 94.6 Å². The van der Waals surface area contributed by atoms with E-state index in [0.717, 1.165) is 5.56 Å². The zero-order valence-electron chi connectivity index (χ0n) is 30.3. The average molecular weight is 725 g/mol. The first-order valence-corrected chi connectivity index (χ1v) is 16.8. The number of carboxylic acids is 1. The van der Waals surface area contributed by atoms with E-state index in [0.29, 0.717) is 49.3 Å². The molecular weight excluding hydrogens is 677 g/mol. The fourth-order valence-corrected chi connectivity index (χ4v) is 6.30. The molecular formula is C35H47F3N4O9. The van der Waals surface area contributed by atoms with Crippen LogP contribution in [0.25, 0.3) is 10.9 Å². The molecule has 3 N–H and O–H groups in total. The number of hydrogen-bond donors (Lipinski definition) is 3. The number of ether oxygens (including phenoxy) is 4. The van der Waals surface area contributed by atoms with Gasteiger partial charge in [0.1, 0.15) is 35.2 Å². The van der Waals surface area contributed by atoms with Gasteiger partial charge < -0.3 is 39.6 Å². The summed E-state index contributed by atoms with van der Waals surface area (Å²) in [6.45, 7) is 11.7. The number of benzene rings is 1. The van der Waals surface area contributed by atoms with E-state index in [2.05, 4.69) is 15.6 Å². The highest BCUT2D eigenvalue weighted by atomic mass is 19.4. The van der Waals surface area contributed by atoms with Crippen molar-refractivity contribution in [2.75, 3.05) is 20.3 Å². The van der Waals surface area contributed by atoms with Gasteiger partial charge >= 0.3 is 18.2 Å². The Hall–Kier alpha value is -4.50. The summed E-state index contributed by atoms with van der Waals surface area (Å²) in [5.74, 6) is -1.86. The van der Waals surface area contributed by atoms with Gasteiger partial charge in [-0.05, 0) is 57.6 Å². The molecule has 4 rings (SSSR count). The molecule has 0 bridgehead atoms. The van der Waals surface area contributed by atoms with E-state index in [4.69, 9.17) is 18.9 Å². The molecule has 3 amide bonds. The minimum atomic E-state index is -4.89. The van der Waals surface area contributed by atoms with E-state index in [-0.39, 0.29) is 31.2 Å². The Labute approximate surface area is 294 Å². The summed E-state index contributed by atoms with van der Waals surface area (Å²) in [5.41, 5.74) is -4.18. The lowest BCUT2D eigenvalue weighted by atomic mass is 9.85. The van der Waals surface area contributed by atoms with Gasteiger partial charge in [0.15, 0.2) is 0 Å². The Morgan fingerprint density at radius 1 is 1.10 bits per heavy atom. The summed E-state index contributed by atoms with van der Waals surface area (Å²) < 4.78 is 62.8. The number of nitrogens with zero attached hydrogens (tertiary/aromatic N) is 2. The highest BCUT2D eigenvalue weighted by Gasteiger charge is 2.61. The predicted molar refractivity (Wildman–Crippen MR) is 179 cm³/mol. The fourth-order valence-electron chi connectivity index (χ4n) is 6.30. The molecule has 13 nitrogen and oxygen atoms in total. The lowest BCUT2D eigenvalue weighted by Crippen LogP contribution is -2.60. The smallest absolute Gasteiger partial charge is 0.427 e. The minimum absolute atomic E-state index is 0.0740. The summed E-state index contributed by atoms with van der Waals surface area (Å²) in [6, 6.07) is 2.38. The number of aromatic nitrogens is 1. The summed E-state index contributed by atoms with van der Waals surface area (Å²) in [6.07, 6.45) is -6.56. The van der Waals surface area contributed by atoms with Crippen LogP contribution in [-0.2, 0) is 19.1 Å². The predicted octanol–water partition coefficient (Wildman–Crippen LogP) is 5.15. The van der Waals surface area contributed by atoms with Crippen LogP contribution in [0.4, 0.5) is 18.0 Å². The molecule has 1 saturated heterocycles. The molecule has 2 heterocycles. The Kier molecular flexibility index (Phi) is 11.0. The topological polar surface area (TPSA) is 166 Å². The Morgan fingerprint density at radius 2 is 1.76 bits per heavy atom. The van der Waals surface area contributed by atoms with Crippen LogP contribution < -0.4 is 24.8 Å². The molecule has 1 saturated carbocycles. The Balaban J connectivity index is 1.71. The number of aliphatic carboxylic acids is 1. The molecule has 5 atom stereocenters. The molecule has 0 radical (unpaired) electrons. The number of rotatable bonds is 12. The number of pyridine rings is 1. The van der Waals surface area contributed by atoms with Gasteiger partial charge in [-0.15, -0.1) is 0 Å². The SMILES string of the molecule is CCOc1cc(OC2CC(C(=O)NC3(C(=O)O)CC3CC)N(C(=O)C(NC(=O)OC(C)(C)C(F)(F)F)C(C)(C)C)C2)c2ccc(OC)c(C)c2n1.